The smallest absolute Gasteiger partial charge is 0.0267 e. The average molecular weight is 281 g/mol. The molecule has 0 radical (unpaired) electrons. The minimum atomic E-state index is 0.739. The van der Waals surface area contributed by atoms with Crippen LogP contribution in [0.1, 0.15) is 105 Å². The third kappa shape index (κ3) is 4.78. The molecule has 0 nitrogen and oxygen atoms in total. The second-order valence-electron chi connectivity index (χ2n) is 7.79. The predicted octanol–water partition coefficient (Wildman–Crippen LogP) is 7.23. The van der Waals surface area contributed by atoms with Gasteiger partial charge in [0.05, 0.1) is 0 Å². The molecule has 20 heavy (non-hydrogen) atoms. The van der Waals surface area contributed by atoms with E-state index in [9.17, 15) is 0 Å². The lowest BCUT2D eigenvalue weighted by Crippen LogP contribution is -2.46. The van der Waals surface area contributed by atoms with Gasteiger partial charge in [0.2, 0.25) is 0 Å². The largest absolute Gasteiger partial charge is 0.0654 e. The van der Waals surface area contributed by atoms with Crippen molar-refractivity contribution in [2.45, 2.75) is 105 Å². The Morgan fingerprint density at radius 1 is 1.00 bits per heavy atom. The number of unbranched alkanes of at least 4 members (excludes halogenated alkanes) is 2. The van der Waals surface area contributed by atoms with Gasteiger partial charge in [0, 0.05) is 0 Å². The molecular formula is C20H40. The first kappa shape index (κ1) is 18.1. The molecule has 4 unspecified atom stereocenters. The van der Waals surface area contributed by atoms with E-state index < -0.39 is 0 Å². The van der Waals surface area contributed by atoms with Gasteiger partial charge in [0.15, 0.2) is 0 Å². The summed E-state index contributed by atoms with van der Waals surface area (Å²) in [5, 5.41) is 0. The Bertz CT molecular complexity index is 244. The van der Waals surface area contributed by atoms with Gasteiger partial charge in [0.1, 0.15) is 0 Å². The average Bonchev–Trinajstić information content (AvgIpc) is 2.42. The Labute approximate surface area is 129 Å². The Morgan fingerprint density at radius 3 is 2.30 bits per heavy atom. The van der Waals surface area contributed by atoms with Crippen LogP contribution in [0.25, 0.3) is 0 Å². The van der Waals surface area contributed by atoms with Crippen molar-refractivity contribution in [1.29, 1.82) is 0 Å². The second kappa shape index (κ2) is 9.11. The topological polar surface area (TPSA) is 0 Å². The second-order valence-corrected chi connectivity index (χ2v) is 7.79. The molecule has 0 aromatic heterocycles. The fraction of sp³-hybridized carbons (Fsp3) is 1.00. The maximum absolute atomic E-state index is 2.50. The summed E-state index contributed by atoms with van der Waals surface area (Å²) in [4.78, 5) is 0. The SMILES string of the molecule is CCCCC1C(C)CC1(CC)CCCCC(C)CCC. The van der Waals surface area contributed by atoms with Crippen LogP contribution in [0.3, 0.4) is 0 Å². The Hall–Kier alpha value is 0. The molecule has 0 N–H and O–H groups in total. The molecule has 1 rings (SSSR count). The minimum absolute atomic E-state index is 0.739. The van der Waals surface area contributed by atoms with Crippen LogP contribution >= 0.6 is 0 Å². The first-order chi connectivity index (χ1) is 9.59. The zero-order valence-electron chi connectivity index (χ0n) is 15.0. The van der Waals surface area contributed by atoms with Crippen molar-refractivity contribution in [1.82, 2.24) is 0 Å². The van der Waals surface area contributed by atoms with Crippen LogP contribution in [0.5, 0.6) is 0 Å². The predicted molar refractivity (Wildman–Crippen MR) is 92.1 cm³/mol. The molecule has 0 amide bonds. The summed E-state index contributed by atoms with van der Waals surface area (Å²) in [5.41, 5.74) is 0.739. The van der Waals surface area contributed by atoms with E-state index in [0.717, 1.165) is 23.2 Å². The van der Waals surface area contributed by atoms with Gasteiger partial charge in [-0.05, 0) is 42.4 Å². The quantitative estimate of drug-likeness (QED) is 0.350. The van der Waals surface area contributed by atoms with Gasteiger partial charge >= 0.3 is 0 Å². The van der Waals surface area contributed by atoms with Crippen LogP contribution in [-0.4, -0.2) is 0 Å². The van der Waals surface area contributed by atoms with Gasteiger partial charge < -0.3 is 0 Å². The van der Waals surface area contributed by atoms with Crippen LogP contribution in [0.2, 0.25) is 0 Å². The van der Waals surface area contributed by atoms with E-state index in [1.807, 2.05) is 0 Å². The van der Waals surface area contributed by atoms with Crippen LogP contribution in [0, 0.1) is 23.2 Å². The summed E-state index contributed by atoms with van der Waals surface area (Å²) in [6, 6.07) is 0. The molecule has 0 aromatic carbocycles. The standard InChI is InChI=1S/C20H40/c1-6-9-14-19-18(5)16-20(19,8-3)15-11-10-13-17(4)12-7-2/h17-19H,6-16H2,1-5H3. The van der Waals surface area contributed by atoms with Crippen molar-refractivity contribution < 1.29 is 0 Å². The minimum Gasteiger partial charge on any atom is -0.0654 e. The number of rotatable bonds is 11. The molecule has 0 saturated heterocycles. The zero-order valence-corrected chi connectivity index (χ0v) is 15.0. The third-order valence-corrected chi connectivity index (χ3v) is 6.18. The van der Waals surface area contributed by atoms with Gasteiger partial charge in [-0.1, -0.05) is 86.0 Å². The molecule has 120 valence electrons. The summed E-state index contributed by atoms with van der Waals surface area (Å²) < 4.78 is 0. The molecular weight excluding hydrogens is 240 g/mol. The molecule has 1 fully saturated rings. The van der Waals surface area contributed by atoms with E-state index in [1.54, 1.807) is 0 Å². The van der Waals surface area contributed by atoms with Gasteiger partial charge in [-0.3, -0.25) is 0 Å². The van der Waals surface area contributed by atoms with Crippen LogP contribution in [-0.2, 0) is 0 Å². The van der Waals surface area contributed by atoms with E-state index in [-0.39, 0.29) is 0 Å². The van der Waals surface area contributed by atoms with Crippen molar-refractivity contribution in [3.63, 3.8) is 0 Å². The normalized spacial score (nSPS) is 31.1. The monoisotopic (exact) mass is 280 g/mol. The first-order valence-electron chi connectivity index (χ1n) is 9.59. The molecule has 1 saturated carbocycles. The molecule has 4 atom stereocenters. The van der Waals surface area contributed by atoms with Crippen LogP contribution in [0.15, 0.2) is 0 Å². The van der Waals surface area contributed by atoms with Crippen molar-refractivity contribution >= 4 is 0 Å². The molecule has 0 heteroatoms. The highest BCUT2D eigenvalue weighted by atomic mass is 14.5. The van der Waals surface area contributed by atoms with Crippen LogP contribution < -0.4 is 0 Å². The molecule has 0 heterocycles. The van der Waals surface area contributed by atoms with E-state index >= 15 is 0 Å². The lowest BCUT2D eigenvalue weighted by Gasteiger charge is -2.55. The Morgan fingerprint density at radius 2 is 1.75 bits per heavy atom. The van der Waals surface area contributed by atoms with E-state index in [4.69, 9.17) is 0 Å². The third-order valence-electron chi connectivity index (χ3n) is 6.18. The summed E-state index contributed by atoms with van der Waals surface area (Å²) >= 11 is 0. The van der Waals surface area contributed by atoms with E-state index in [1.165, 1.54) is 70.6 Å². The lowest BCUT2D eigenvalue weighted by molar-refractivity contribution is -0.0531. The Balaban J connectivity index is 2.31. The molecule has 1 aliphatic rings. The molecule has 0 aliphatic heterocycles. The number of hydrogen-bond acceptors (Lipinski definition) is 0. The molecule has 0 aromatic rings. The fourth-order valence-electron chi connectivity index (χ4n) is 4.87. The highest BCUT2D eigenvalue weighted by molar-refractivity contribution is 4.98. The summed E-state index contributed by atoms with van der Waals surface area (Å²) in [7, 11) is 0. The lowest BCUT2D eigenvalue weighted by atomic mass is 9.50. The molecule has 0 bridgehead atoms. The van der Waals surface area contributed by atoms with E-state index in [2.05, 4.69) is 34.6 Å². The number of hydrogen-bond donors (Lipinski definition) is 0. The summed E-state index contributed by atoms with van der Waals surface area (Å²) in [6.45, 7) is 12.0. The van der Waals surface area contributed by atoms with Crippen molar-refractivity contribution in [2.75, 3.05) is 0 Å². The molecule has 0 spiro atoms. The molecule has 1 aliphatic carbocycles. The van der Waals surface area contributed by atoms with Crippen molar-refractivity contribution in [3.8, 4) is 0 Å². The van der Waals surface area contributed by atoms with Gasteiger partial charge in [-0.2, -0.15) is 0 Å². The maximum Gasteiger partial charge on any atom is -0.0267 e. The maximum atomic E-state index is 2.50. The van der Waals surface area contributed by atoms with Crippen LogP contribution in [0.4, 0.5) is 0 Å². The Kier molecular flexibility index (Phi) is 8.22. The van der Waals surface area contributed by atoms with E-state index in [0.29, 0.717) is 0 Å². The highest BCUT2D eigenvalue weighted by Gasteiger charge is 2.48. The van der Waals surface area contributed by atoms with Gasteiger partial charge in [-0.25, -0.2) is 0 Å². The van der Waals surface area contributed by atoms with Gasteiger partial charge in [0.25, 0.3) is 0 Å². The summed E-state index contributed by atoms with van der Waals surface area (Å²) in [5.74, 6) is 3.00. The fourth-order valence-corrected chi connectivity index (χ4v) is 4.87. The summed E-state index contributed by atoms with van der Waals surface area (Å²) in [6.07, 6.45) is 16.0. The van der Waals surface area contributed by atoms with Crippen molar-refractivity contribution in [2.24, 2.45) is 23.2 Å². The van der Waals surface area contributed by atoms with Gasteiger partial charge in [-0.15, -0.1) is 0 Å². The highest BCUT2D eigenvalue weighted by Crippen LogP contribution is 2.58. The van der Waals surface area contributed by atoms with Crippen molar-refractivity contribution in [3.05, 3.63) is 0 Å². The zero-order chi connectivity index (χ0) is 15.0. The first-order valence-corrected chi connectivity index (χ1v) is 9.59.